The number of halogens is 2. The fourth-order valence-electron chi connectivity index (χ4n) is 2.00. The predicted molar refractivity (Wildman–Crippen MR) is 74.4 cm³/mol. The Morgan fingerprint density at radius 1 is 1.47 bits per heavy atom. The first kappa shape index (κ1) is 13.4. The largest absolute Gasteiger partial charge is 0.394 e. The standard InChI is InChI=1S/C10H9ClIN4O3/c11-7-6-8(15-10(12)14-7)16(3-13-6)9-5(18)1-4(2-17)19-9/h1,3-5,9,17-18H,2H2/t4-,5+,9+/m0/s1. The molecule has 0 unspecified atom stereocenters. The first-order valence-corrected chi connectivity index (χ1v) is 6.90. The molecule has 1 fully saturated rings. The molecule has 7 nitrogen and oxygen atoms in total. The maximum atomic E-state index is 9.94. The van der Waals surface area contributed by atoms with Crippen LogP contribution in [-0.4, -0.2) is 48.5 Å². The summed E-state index contributed by atoms with van der Waals surface area (Å²) < 4.78 is 7.58. The van der Waals surface area contributed by atoms with Gasteiger partial charge in [-0.2, -0.15) is 0 Å². The zero-order chi connectivity index (χ0) is 13.6. The van der Waals surface area contributed by atoms with Crippen molar-refractivity contribution in [3.05, 3.63) is 21.7 Å². The fraction of sp³-hybridized carbons (Fsp3) is 0.400. The minimum atomic E-state index is -0.846. The van der Waals surface area contributed by atoms with Crippen molar-refractivity contribution >= 4 is 45.4 Å². The van der Waals surface area contributed by atoms with E-state index in [1.165, 1.54) is 12.7 Å². The quantitative estimate of drug-likeness (QED) is 0.438. The van der Waals surface area contributed by atoms with Crippen LogP contribution in [0, 0.1) is 10.3 Å². The normalized spacial score (nSPS) is 27.3. The number of nitrogens with zero attached hydrogens (tertiary/aromatic N) is 4. The van der Waals surface area contributed by atoms with Crippen LogP contribution in [0.1, 0.15) is 6.23 Å². The lowest BCUT2D eigenvalue weighted by molar-refractivity contribution is -0.0484. The average molecular weight is 396 g/mol. The molecule has 1 aliphatic rings. The van der Waals surface area contributed by atoms with E-state index < -0.39 is 18.4 Å². The van der Waals surface area contributed by atoms with Gasteiger partial charge in [0.2, 0.25) is 0 Å². The molecule has 0 saturated carbocycles. The molecule has 0 aromatic carbocycles. The second-order valence-electron chi connectivity index (χ2n) is 4.04. The molecular weight excluding hydrogens is 386 g/mol. The van der Waals surface area contributed by atoms with Gasteiger partial charge in [-0.05, 0) is 0 Å². The van der Waals surface area contributed by atoms with Crippen molar-refractivity contribution in [1.29, 1.82) is 0 Å². The van der Waals surface area contributed by atoms with Crippen LogP contribution < -0.4 is 0 Å². The van der Waals surface area contributed by atoms with Gasteiger partial charge in [-0.3, -0.25) is 4.57 Å². The highest BCUT2D eigenvalue weighted by Crippen LogP contribution is 2.31. The number of hydrogen-bond acceptors (Lipinski definition) is 6. The number of hydrogen-bond donors (Lipinski definition) is 2. The molecule has 2 aromatic rings. The van der Waals surface area contributed by atoms with E-state index >= 15 is 0 Å². The van der Waals surface area contributed by atoms with E-state index in [0.717, 1.165) is 0 Å². The van der Waals surface area contributed by atoms with Gasteiger partial charge in [-0.1, -0.05) is 11.6 Å². The van der Waals surface area contributed by atoms with Gasteiger partial charge in [0.15, 0.2) is 20.9 Å². The topological polar surface area (TPSA) is 93.3 Å². The molecule has 1 radical (unpaired) electrons. The van der Waals surface area contributed by atoms with E-state index in [-0.39, 0.29) is 11.8 Å². The molecule has 2 N–H and O–H groups in total. The van der Waals surface area contributed by atoms with E-state index in [2.05, 4.69) is 15.0 Å². The van der Waals surface area contributed by atoms with Crippen molar-refractivity contribution in [3.63, 3.8) is 0 Å². The summed E-state index contributed by atoms with van der Waals surface area (Å²) in [6.07, 6.45) is 0.992. The first-order valence-electron chi connectivity index (χ1n) is 5.45. The highest BCUT2D eigenvalue weighted by molar-refractivity contribution is 14.1. The fourth-order valence-corrected chi connectivity index (χ4v) is 2.82. The van der Waals surface area contributed by atoms with E-state index in [9.17, 15) is 5.11 Å². The van der Waals surface area contributed by atoms with E-state index in [0.29, 0.717) is 15.0 Å². The maximum Gasteiger partial charge on any atom is 0.194 e. The molecular formula is C10H9ClIN4O3. The number of rotatable bonds is 2. The summed E-state index contributed by atoms with van der Waals surface area (Å²) in [6, 6.07) is 0. The van der Waals surface area contributed by atoms with Gasteiger partial charge < -0.3 is 14.9 Å². The third-order valence-corrected chi connectivity index (χ3v) is 3.57. The number of fused-ring (bicyclic) bond motifs is 1. The summed E-state index contributed by atoms with van der Waals surface area (Å²) in [5, 5.41) is 19.3. The molecule has 3 heterocycles. The second-order valence-corrected chi connectivity index (χ2v) is 5.36. The third-order valence-electron chi connectivity index (χ3n) is 2.82. The number of aromatic nitrogens is 4. The Bertz CT molecular complexity index is 622. The molecule has 9 heteroatoms. The van der Waals surface area contributed by atoms with Crippen LogP contribution in [0.25, 0.3) is 11.2 Å². The summed E-state index contributed by atoms with van der Waals surface area (Å²) in [7, 11) is 0. The molecule has 1 saturated heterocycles. The summed E-state index contributed by atoms with van der Waals surface area (Å²) in [4.78, 5) is 12.4. The number of aliphatic hydroxyl groups is 2. The van der Waals surface area contributed by atoms with Crippen molar-refractivity contribution in [2.24, 2.45) is 0 Å². The SMILES string of the molecule is OC[C@@H]1[CH][C@@H](O)[C@H](n2cnc3c(Cl)nc(I)nc32)O1. The molecule has 1 aliphatic heterocycles. The molecule has 2 aromatic heterocycles. The van der Waals surface area contributed by atoms with E-state index in [1.54, 1.807) is 4.57 Å². The van der Waals surface area contributed by atoms with Crippen molar-refractivity contribution < 1.29 is 14.9 Å². The third kappa shape index (κ3) is 2.31. The Morgan fingerprint density at radius 3 is 2.95 bits per heavy atom. The molecule has 0 aliphatic carbocycles. The van der Waals surface area contributed by atoms with Crippen molar-refractivity contribution in [3.8, 4) is 0 Å². The lowest BCUT2D eigenvalue weighted by Crippen LogP contribution is -2.19. The van der Waals surface area contributed by atoms with Gasteiger partial charge in [0.25, 0.3) is 0 Å². The summed E-state index contributed by atoms with van der Waals surface area (Å²) in [6.45, 7) is -0.187. The number of imidazole rings is 1. The molecule has 3 rings (SSSR count). The lowest BCUT2D eigenvalue weighted by atomic mass is 10.2. The summed E-state index contributed by atoms with van der Waals surface area (Å²) in [5.41, 5.74) is 0.936. The van der Waals surface area contributed by atoms with Crippen molar-refractivity contribution in [2.45, 2.75) is 18.4 Å². The van der Waals surface area contributed by atoms with E-state index in [1.807, 2.05) is 22.6 Å². The Balaban J connectivity index is 2.06. The molecule has 0 amide bonds. The van der Waals surface area contributed by atoms with Gasteiger partial charge >= 0.3 is 0 Å². The Labute approximate surface area is 126 Å². The van der Waals surface area contributed by atoms with Crippen LogP contribution in [0.15, 0.2) is 6.33 Å². The van der Waals surface area contributed by atoms with Crippen LogP contribution >= 0.6 is 34.2 Å². The number of ether oxygens (including phenoxy) is 1. The summed E-state index contributed by atoms with van der Waals surface area (Å²) in [5.74, 6) is 0. The monoisotopic (exact) mass is 395 g/mol. The van der Waals surface area contributed by atoms with Crippen LogP contribution in [0.3, 0.4) is 0 Å². The average Bonchev–Trinajstić information content (AvgIpc) is 2.92. The van der Waals surface area contributed by atoms with Gasteiger partial charge in [0.05, 0.1) is 19.0 Å². The molecule has 0 bridgehead atoms. The molecule has 101 valence electrons. The van der Waals surface area contributed by atoms with Gasteiger partial charge in [0.1, 0.15) is 11.6 Å². The van der Waals surface area contributed by atoms with Gasteiger partial charge in [-0.25, -0.2) is 15.0 Å². The second kappa shape index (κ2) is 5.09. The van der Waals surface area contributed by atoms with Crippen LogP contribution in [0.5, 0.6) is 0 Å². The minimum Gasteiger partial charge on any atom is -0.394 e. The molecule has 3 atom stereocenters. The maximum absolute atomic E-state index is 9.94. The van der Waals surface area contributed by atoms with Gasteiger partial charge in [0, 0.05) is 29.0 Å². The molecule has 19 heavy (non-hydrogen) atoms. The first-order chi connectivity index (χ1) is 9.10. The van der Waals surface area contributed by atoms with Crippen LogP contribution in [0.2, 0.25) is 5.15 Å². The minimum absolute atomic E-state index is 0.187. The number of aliphatic hydroxyl groups excluding tert-OH is 2. The summed E-state index contributed by atoms with van der Waals surface area (Å²) >= 11 is 7.94. The molecule has 0 spiro atoms. The van der Waals surface area contributed by atoms with Gasteiger partial charge in [-0.15, -0.1) is 0 Å². The highest BCUT2D eigenvalue weighted by Gasteiger charge is 2.36. The lowest BCUT2D eigenvalue weighted by Gasteiger charge is -2.16. The predicted octanol–water partition coefficient (Wildman–Crippen LogP) is 0.539. The Morgan fingerprint density at radius 2 is 2.26 bits per heavy atom. The van der Waals surface area contributed by atoms with Crippen molar-refractivity contribution in [1.82, 2.24) is 19.5 Å². The smallest absolute Gasteiger partial charge is 0.194 e. The van der Waals surface area contributed by atoms with Crippen molar-refractivity contribution in [2.75, 3.05) is 6.61 Å². The van der Waals surface area contributed by atoms with Crippen LogP contribution in [-0.2, 0) is 4.74 Å². The highest BCUT2D eigenvalue weighted by atomic mass is 127. The van der Waals surface area contributed by atoms with Crippen LogP contribution in [0.4, 0.5) is 0 Å². The Hall–Kier alpha value is -0.550. The zero-order valence-corrected chi connectivity index (χ0v) is 12.4. The Kier molecular flexibility index (Phi) is 3.60. The van der Waals surface area contributed by atoms with E-state index in [4.69, 9.17) is 21.4 Å². The zero-order valence-electron chi connectivity index (χ0n) is 9.44.